The highest BCUT2D eigenvalue weighted by Crippen LogP contribution is 2.16. The number of hydrogen-bond acceptors (Lipinski definition) is 6. The fourth-order valence-electron chi connectivity index (χ4n) is 3.58. The van der Waals surface area contributed by atoms with Gasteiger partial charge in [0.1, 0.15) is 12.0 Å². The molecule has 0 saturated carbocycles. The Morgan fingerprint density at radius 2 is 2.11 bits per heavy atom. The Kier molecular flexibility index (Phi) is 6.72. The van der Waals surface area contributed by atoms with E-state index in [1.54, 1.807) is 6.07 Å². The van der Waals surface area contributed by atoms with E-state index >= 15 is 0 Å². The van der Waals surface area contributed by atoms with Crippen LogP contribution in [0.3, 0.4) is 0 Å². The number of likely N-dealkylation sites (tertiary alicyclic amines) is 1. The molecule has 27 heavy (non-hydrogen) atoms. The number of rotatable bonds is 6. The summed E-state index contributed by atoms with van der Waals surface area (Å²) in [4.78, 5) is 9.31. The number of nitrogens with zero attached hydrogens (tertiary/aromatic N) is 5. The standard InChI is InChI=1S/C17H30N6O3S/c1-3-18-17(19-12-15-4-6-21(2)13-15)22-7-9-23(10-8-22)27(24,25)14-16-5-11-26-20-16/h5,11,15H,3-4,6-10,12-14H2,1-2H3,(H,18,19). The molecule has 3 rings (SSSR count). The first-order valence-electron chi connectivity index (χ1n) is 9.57. The Morgan fingerprint density at radius 3 is 2.70 bits per heavy atom. The first kappa shape index (κ1) is 20.1. The fraction of sp³-hybridized carbons (Fsp3) is 0.765. The summed E-state index contributed by atoms with van der Waals surface area (Å²) in [6.07, 6.45) is 2.58. The van der Waals surface area contributed by atoms with Gasteiger partial charge in [0.2, 0.25) is 10.0 Å². The number of guanidine groups is 1. The van der Waals surface area contributed by atoms with E-state index in [1.165, 1.54) is 17.0 Å². The van der Waals surface area contributed by atoms with Gasteiger partial charge in [0.05, 0.1) is 5.69 Å². The SMILES string of the molecule is CCNC(=NCC1CCN(C)C1)N1CCN(S(=O)(=O)Cc2ccon2)CC1. The molecule has 152 valence electrons. The van der Waals surface area contributed by atoms with Crippen molar-refractivity contribution in [2.75, 3.05) is 59.4 Å². The van der Waals surface area contributed by atoms with Crippen molar-refractivity contribution in [3.63, 3.8) is 0 Å². The molecule has 1 unspecified atom stereocenters. The van der Waals surface area contributed by atoms with E-state index in [9.17, 15) is 8.42 Å². The lowest BCUT2D eigenvalue weighted by atomic mass is 10.1. The lowest BCUT2D eigenvalue weighted by molar-refractivity contribution is 0.259. The number of hydrogen-bond donors (Lipinski definition) is 1. The maximum atomic E-state index is 12.6. The summed E-state index contributed by atoms with van der Waals surface area (Å²) in [6.45, 7) is 8.08. The maximum Gasteiger partial charge on any atom is 0.220 e. The third kappa shape index (κ3) is 5.43. The van der Waals surface area contributed by atoms with Gasteiger partial charge in [-0.1, -0.05) is 5.16 Å². The second-order valence-electron chi connectivity index (χ2n) is 7.24. The topological polar surface area (TPSA) is 94.3 Å². The smallest absolute Gasteiger partial charge is 0.220 e. The van der Waals surface area contributed by atoms with Crippen molar-refractivity contribution in [2.24, 2.45) is 10.9 Å². The van der Waals surface area contributed by atoms with E-state index in [2.05, 4.69) is 34.2 Å². The molecule has 1 N–H and O–H groups in total. The van der Waals surface area contributed by atoms with E-state index in [0.29, 0.717) is 37.8 Å². The molecule has 0 amide bonds. The van der Waals surface area contributed by atoms with Crippen LogP contribution in [0.5, 0.6) is 0 Å². The maximum absolute atomic E-state index is 12.6. The van der Waals surface area contributed by atoms with Crippen molar-refractivity contribution in [3.05, 3.63) is 18.0 Å². The molecule has 0 spiro atoms. The summed E-state index contributed by atoms with van der Waals surface area (Å²) in [5, 5.41) is 7.06. The zero-order valence-electron chi connectivity index (χ0n) is 16.2. The van der Waals surface area contributed by atoms with Crippen molar-refractivity contribution in [3.8, 4) is 0 Å². The van der Waals surface area contributed by atoms with E-state index in [1.807, 2.05) is 0 Å². The van der Waals surface area contributed by atoms with Gasteiger partial charge in [-0.2, -0.15) is 4.31 Å². The van der Waals surface area contributed by atoms with Crippen LogP contribution >= 0.6 is 0 Å². The summed E-state index contributed by atoms with van der Waals surface area (Å²) in [6, 6.07) is 1.59. The Labute approximate surface area is 161 Å². The van der Waals surface area contributed by atoms with Crippen LogP contribution in [0, 0.1) is 5.92 Å². The molecule has 10 heteroatoms. The van der Waals surface area contributed by atoms with Crippen LogP contribution in [0.15, 0.2) is 21.8 Å². The Balaban J connectivity index is 1.55. The van der Waals surface area contributed by atoms with Crippen molar-refractivity contribution in [1.82, 2.24) is 24.6 Å². The fourth-order valence-corrected chi connectivity index (χ4v) is 5.01. The van der Waals surface area contributed by atoms with Gasteiger partial charge < -0.3 is 19.6 Å². The van der Waals surface area contributed by atoms with Gasteiger partial charge in [-0.05, 0) is 32.9 Å². The molecule has 0 radical (unpaired) electrons. The molecular formula is C17H30N6O3S. The monoisotopic (exact) mass is 398 g/mol. The molecule has 0 aromatic carbocycles. The molecule has 1 aromatic heterocycles. The number of sulfonamides is 1. The van der Waals surface area contributed by atoms with Crippen molar-refractivity contribution >= 4 is 16.0 Å². The highest BCUT2D eigenvalue weighted by molar-refractivity contribution is 7.88. The second kappa shape index (κ2) is 9.03. The van der Waals surface area contributed by atoms with Gasteiger partial charge in [0.15, 0.2) is 5.96 Å². The van der Waals surface area contributed by atoms with Crippen LogP contribution in [0.25, 0.3) is 0 Å². The largest absolute Gasteiger partial charge is 0.364 e. The van der Waals surface area contributed by atoms with Crippen molar-refractivity contribution in [2.45, 2.75) is 19.1 Å². The van der Waals surface area contributed by atoms with Crippen LogP contribution in [0.1, 0.15) is 19.0 Å². The van der Waals surface area contributed by atoms with Crippen LogP contribution < -0.4 is 5.32 Å². The van der Waals surface area contributed by atoms with Crippen molar-refractivity contribution < 1.29 is 12.9 Å². The third-order valence-electron chi connectivity index (χ3n) is 5.08. The Bertz CT molecular complexity index is 713. The number of aliphatic imine (C=N–C) groups is 1. The highest BCUT2D eigenvalue weighted by atomic mass is 32.2. The molecule has 1 atom stereocenters. The van der Waals surface area contributed by atoms with Gasteiger partial charge >= 0.3 is 0 Å². The van der Waals surface area contributed by atoms with E-state index in [0.717, 1.165) is 32.1 Å². The predicted octanol–water partition coefficient (Wildman–Crippen LogP) is 0.0392. The molecule has 3 heterocycles. The normalized spacial score (nSPS) is 23.1. The average Bonchev–Trinajstić information content (AvgIpc) is 3.30. The quantitative estimate of drug-likeness (QED) is 0.534. The minimum absolute atomic E-state index is 0.118. The van der Waals surface area contributed by atoms with E-state index in [-0.39, 0.29) is 5.75 Å². The first-order valence-corrected chi connectivity index (χ1v) is 11.2. The second-order valence-corrected chi connectivity index (χ2v) is 9.21. The molecule has 2 saturated heterocycles. The molecule has 2 fully saturated rings. The van der Waals surface area contributed by atoms with Crippen LogP contribution in [0.2, 0.25) is 0 Å². The predicted molar refractivity (Wildman–Crippen MR) is 104 cm³/mol. The summed E-state index contributed by atoms with van der Waals surface area (Å²) in [7, 11) is -1.23. The van der Waals surface area contributed by atoms with Gasteiger partial charge in [0, 0.05) is 51.9 Å². The number of nitrogens with one attached hydrogen (secondary N) is 1. The van der Waals surface area contributed by atoms with Gasteiger partial charge in [-0.25, -0.2) is 8.42 Å². The summed E-state index contributed by atoms with van der Waals surface area (Å²) in [5.74, 6) is 1.38. The van der Waals surface area contributed by atoms with Crippen LogP contribution in [-0.2, 0) is 15.8 Å². The highest BCUT2D eigenvalue weighted by Gasteiger charge is 2.29. The average molecular weight is 399 g/mol. The van der Waals surface area contributed by atoms with E-state index in [4.69, 9.17) is 9.52 Å². The molecule has 2 aliphatic rings. The Hall–Kier alpha value is -1.65. The minimum Gasteiger partial charge on any atom is -0.364 e. The first-order chi connectivity index (χ1) is 13.0. The van der Waals surface area contributed by atoms with Crippen molar-refractivity contribution in [1.29, 1.82) is 0 Å². The Morgan fingerprint density at radius 1 is 1.33 bits per heavy atom. The zero-order valence-corrected chi connectivity index (χ0v) is 17.0. The molecular weight excluding hydrogens is 368 g/mol. The van der Waals surface area contributed by atoms with Crippen LogP contribution in [-0.4, -0.2) is 93.0 Å². The minimum atomic E-state index is -3.38. The van der Waals surface area contributed by atoms with E-state index < -0.39 is 10.0 Å². The molecule has 9 nitrogen and oxygen atoms in total. The molecule has 2 aliphatic heterocycles. The van der Waals surface area contributed by atoms with Gasteiger partial charge in [0.25, 0.3) is 0 Å². The summed E-state index contributed by atoms with van der Waals surface area (Å²) < 4.78 is 31.4. The molecule has 1 aromatic rings. The van der Waals surface area contributed by atoms with Gasteiger partial charge in [-0.15, -0.1) is 0 Å². The van der Waals surface area contributed by atoms with Crippen LogP contribution in [0.4, 0.5) is 0 Å². The molecule has 0 aliphatic carbocycles. The summed E-state index contributed by atoms with van der Waals surface area (Å²) >= 11 is 0. The summed E-state index contributed by atoms with van der Waals surface area (Å²) in [5.41, 5.74) is 0.439. The number of piperazine rings is 1. The molecule has 0 bridgehead atoms. The lowest BCUT2D eigenvalue weighted by Gasteiger charge is -2.35. The number of aromatic nitrogens is 1. The zero-order chi connectivity index (χ0) is 19.3. The lowest BCUT2D eigenvalue weighted by Crippen LogP contribution is -2.54. The van der Waals surface area contributed by atoms with Gasteiger partial charge in [-0.3, -0.25) is 4.99 Å². The third-order valence-corrected chi connectivity index (χ3v) is 6.89.